The minimum Gasteiger partial charge on any atom is -0.300 e. The second-order valence-corrected chi connectivity index (χ2v) is 4.54. The van der Waals surface area contributed by atoms with Gasteiger partial charge in [-0.1, -0.05) is 25.4 Å². The first kappa shape index (κ1) is 14.2. The highest BCUT2D eigenvalue weighted by atomic mass is 35.5. The molecule has 0 atom stereocenters. The van der Waals surface area contributed by atoms with E-state index in [9.17, 15) is 4.79 Å². The number of nitrogens with zero attached hydrogens (tertiary/aromatic N) is 2. The van der Waals surface area contributed by atoms with Crippen LogP contribution in [0.1, 0.15) is 51.4 Å². The molecule has 0 N–H and O–H groups in total. The van der Waals surface area contributed by atoms with Gasteiger partial charge in [0.25, 0.3) is 0 Å². The van der Waals surface area contributed by atoms with Crippen molar-refractivity contribution >= 4 is 17.4 Å². The highest BCUT2D eigenvalue weighted by Gasteiger charge is 2.14. The van der Waals surface area contributed by atoms with E-state index >= 15 is 0 Å². The molecule has 0 fully saturated rings. The van der Waals surface area contributed by atoms with E-state index in [1.54, 1.807) is 0 Å². The van der Waals surface area contributed by atoms with Crippen molar-refractivity contribution in [2.45, 2.75) is 59.4 Å². The van der Waals surface area contributed by atoms with Crippen LogP contribution in [0.4, 0.5) is 0 Å². The van der Waals surface area contributed by atoms with Crippen LogP contribution in [0.3, 0.4) is 0 Å². The van der Waals surface area contributed by atoms with Crippen LogP contribution >= 0.6 is 11.6 Å². The monoisotopic (exact) mass is 256 g/mol. The fourth-order valence-corrected chi connectivity index (χ4v) is 2.28. The van der Waals surface area contributed by atoms with Crippen LogP contribution in [0.5, 0.6) is 0 Å². The van der Waals surface area contributed by atoms with E-state index in [1.807, 2.05) is 25.5 Å². The molecule has 0 unspecified atom stereocenters. The lowest BCUT2D eigenvalue weighted by molar-refractivity contribution is -0.119. The summed E-state index contributed by atoms with van der Waals surface area (Å²) in [5.41, 5.74) is 1.95. The first-order valence-corrected chi connectivity index (χ1v) is 6.77. The number of hydrogen-bond donors (Lipinski definition) is 0. The second-order valence-electron chi connectivity index (χ2n) is 4.17. The Morgan fingerprint density at radius 3 is 2.53 bits per heavy atom. The molecule has 0 radical (unpaired) electrons. The summed E-state index contributed by atoms with van der Waals surface area (Å²) in [5.74, 6) is 0.311. The zero-order valence-electron chi connectivity index (χ0n) is 10.9. The van der Waals surface area contributed by atoms with E-state index in [-0.39, 0.29) is 0 Å². The molecule has 1 heterocycles. The fourth-order valence-electron chi connectivity index (χ4n) is 1.92. The Hall–Kier alpha value is -0.830. The lowest BCUT2D eigenvalue weighted by Gasteiger charge is -2.04. The summed E-state index contributed by atoms with van der Waals surface area (Å²) < 4.78 is 1.92. The number of aromatic nitrogens is 2. The van der Waals surface area contributed by atoms with Crippen LogP contribution in [-0.4, -0.2) is 15.6 Å². The summed E-state index contributed by atoms with van der Waals surface area (Å²) in [6.45, 7) is 6.91. The van der Waals surface area contributed by atoms with E-state index in [4.69, 9.17) is 11.6 Å². The molecule has 3 nitrogen and oxygen atoms in total. The standard InChI is InChI=1S/C13H21ClN2O/c1-4-7-10(17)8-9-12-13(14)11(5-2)15-16(12)6-3/h4-9H2,1-3H3. The van der Waals surface area contributed by atoms with Crippen molar-refractivity contribution in [2.75, 3.05) is 0 Å². The average molecular weight is 257 g/mol. The fraction of sp³-hybridized carbons (Fsp3) is 0.692. The SMILES string of the molecule is CCCC(=O)CCc1c(Cl)c(CC)nn1CC. The molecule has 0 amide bonds. The van der Waals surface area contributed by atoms with Crippen molar-refractivity contribution < 1.29 is 4.79 Å². The lowest BCUT2D eigenvalue weighted by atomic mass is 10.1. The van der Waals surface area contributed by atoms with Crippen molar-refractivity contribution in [3.05, 3.63) is 16.4 Å². The van der Waals surface area contributed by atoms with Gasteiger partial charge in [0.05, 0.1) is 16.4 Å². The molecule has 1 aromatic rings. The maximum atomic E-state index is 11.5. The predicted molar refractivity (Wildman–Crippen MR) is 70.5 cm³/mol. The number of halogens is 1. The molecule has 0 aliphatic rings. The first-order chi connectivity index (χ1) is 8.13. The molecule has 1 rings (SSSR count). The number of rotatable bonds is 7. The Labute approximate surface area is 108 Å². The van der Waals surface area contributed by atoms with Gasteiger partial charge < -0.3 is 0 Å². The van der Waals surface area contributed by atoms with Gasteiger partial charge >= 0.3 is 0 Å². The van der Waals surface area contributed by atoms with Crippen LogP contribution < -0.4 is 0 Å². The van der Waals surface area contributed by atoms with Gasteiger partial charge in [0, 0.05) is 19.4 Å². The van der Waals surface area contributed by atoms with Gasteiger partial charge in [-0.3, -0.25) is 9.48 Å². The quantitative estimate of drug-likeness (QED) is 0.749. The van der Waals surface area contributed by atoms with Crippen LogP contribution in [0.25, 0.3) is 0 Å². The molecule has 0 aliphatic heterocycles. The van der Waals surface area contributed by atoms with Gasteiger partial charge in [0.1, 0.15) is 5.78 Å². The van der Waals surface area contributed by atoms with Crippen molar-refractivity contribution in [2.24, 2.45) is 0 Å². The first-order valence-electron chi connectivity index (χ1n) is 6.39. The molecule has 0 spiro atoms. The Morgan fingerprint density at radius 2 is 2.00 bits per heavy atom. The molecule has 0 saturated carbocycles. The van der Waals surface area contributed by atoms with Crippen LogP contribution in [0.2, 0.25) is 5.02 Å². The van der Waals surface area contributed by atoms with Gasteiger partial charge in [0.2, 0.25) is 0 Å². The second kappa shape index (κ2) is 6.80. The summed E-state index contributed by atoms with van der Waals surface area (Å²) in [7, 11) is 0. The summed E-state index contributed by atoms with van der Waals surface area (Å²) in [4.78, 5) is 11.5. The van der Waals surface area contributed by atoms with Gasteiger partial charge in [0.15, 0.2) is 0 Å². The largest absolute Gasteiger partial charge is 0.300 e. The molecule has 0 saturated heterocycles. The molecule has 17 heavy (non-hydrogen) atoms. The number of hydrogen-bond acceptors (Lipinski definition) is 2. The van der Waals surface area contributed by atoms with Crippen LogP contribution in [0, 0.1) is 0 Å². The number of carbonyl (C=O) groups is 1. The van der Waals surface area contributed by atoms with Gasteiger partial charge in [-0.15, -0.1) is 0 Å². The Bertz CT molecular complexity index is 385. The molecule has 0 aromatic carbocycles. The van der Waals surface area contributed by atoms with E-state index in [1.165, 1.54) is 0 Å². The average Bonchev–Trinajstić information content (AvgIpc) is 2.63. The molecule has 1 aromatic heterocycles. The number of Topliss-reactive ketones (excluding diaryl/α,β-unsaturated/α-hetero) is 1. The highest BCUT2D eigenvalue weighted by molar-refractivity contribution is 6.31. The topological polar surface area (TPSA) is 34.9 Å². The number of ketones is 1. The maximum Gasteiger partial charge on any atom is 0.133 e. The minimum atomic E-state index is 0.311. The molecular formula is C13H21ClN2O. The van der Waals surface area contributed by atoms with Crippen molar-refractivity contribution in [1.82, 2.24) is 9.78 Å². The van der Waals surface area contributed by atoms with Crippen molar-refractivity contribution in [1.29, 1.82) is 0 Å². The number of aryl methyl sites for hydroxylation is 2. The Morgan fingerprint density at radius 1 is 1.29 bits per heavy atom. The molecule has 0 bridgehead atoms. The highest BCUT2D eigenvalue weighted by Crippen LogP contribution is 2.23. The van der Waals surface area contributed by atoms with Crippen LogP contribution in [0.15, 0.2) is 0 Å². The third-order valence-electron chi connectivity index (χ3n) is 2.86. The lowest BCUT2D eigenvalue weighted by Crippen LogP contribution is -2.06. The van der Waals surface area contributed by atoms with E-state index in [0.29, 0.717) is 25.0 Å². The zero-order chi connectivity index (χ0) is 12.8. The summed E-state index contributed by atoms with van der Waals surface area (Å²) in [6, 6.07) is 0. The molecule has 4 heteroatoms. The zero-order valence-corrected chi connectivity index (χ0v) is 11.7. The molecule has 96 valence electrons. The van der Waals surface area contributed by atoms with Gasteiger partial charge in [-0.05, 0) is 26.2 Å². The van der Waals surface area contributed by atoms with E-state index in [2.05, 4.69) is 5.10 Å². The maximum absolute atomic E-state index is 11.5. The van der Waals surface area contributed by atoms with E-state index < -0.39 is 0 Å². The van der Waals surface area contributed by atoms with E-state index in [0.717, 1.165) is 35.8 Å². The van der Waals surface area contributed by atoms with Crippen molar-refractivity contribution in [3.63, 3.8) is 0 Å². The third-order valence-corrected chi connectivity index (χ3v) is 3.30. The Kier molecular flexibility index (Phi) is 5.69. The van der Waals surface area contributed by atoms with Gasteiger partial charge in [-0.25, -0.2) is 0 Å². The molecule has 0 aliphatic carbocycles. The van der Waals surface area contributed by atoms with Gasteiger partial charge in [-0.2, -0.15) is 5.10 Å². The smallest absolute Gasteiger partial charge is 0.133 e. The summed E-state index contributed by atoms with van der Waals surface area (Å²) in [6.07, 6.45) is 3.70. The predicted octanol–water partition coefficient (Wildman–Crippen LogP) is 3.42. The summed E-state index contributed by atoms with van der Waals surface area (Å²) >= 11 is 6.27. The summed E-state index contributed by atoms with van der Waals surface area (Å²) in [5, 5.41) is 5.19. The van der Waals surface area contributed by atoms with Crippen molar-refractivity contribution in [3.8, 4) is 0 Å². The Balaban J connectivity index is 2.75. The normalized spacial score (nSPS) is 10.8. The minimum absolute atomic E-state index is 0.311. The number of carbonyl (C=O) groups excluding carboxylic acids is 1. The van der Waals surface area contributed by atoms with Crippen LogP contribution in [-0.2, 0) is 24.2 Å². The molecular weight excluding hydrogens is 236 g/mol. The third kappa shape index (κ3) is 3.56.